The van der Waals surface area contributed by atoms with Crippen LogP contribution < -0.4 is 61.9 Å². The Morgan fingerprint density at radius 3 is 2.46 bits per heavy atom. The molecule has 0 aliphatic carbocycles. The fourth-order valence-corrected chi connectivity index (χ4v) is 3.60. The Balaban J connectivity index is 0.00000280. The first-order valence-corrected chi connectivity index (χ1v) is 9.38. The molecule has 9 heteroatoms. The van der Waals surface area contributed by atoms with E-state index in [2.05, 4.69) is 10.5 Å². The second-order valence-corrected chi connectivity index (χ2v) is 7.32. The van der Waals surface area contributed by atoms with Crippen LogP contribution in [0.3, 0.4) is 0 Å². The number of thiophene rings is 1. The fraction of sp³-hybridized carbons (Fsp3) is 0.0526. The monoisotopic (exact) mass is 458 g/mol. The zero-order chi connectivity index (χ0) is 19.6. The van der Waals surface area contributed by atoms with E-state index in [1.54, 1.807) is 30.5 Å². The third-order valence-electron chi connectivity index (χ3n) is 3.77. The van der Waals surface area contributed by atoms with Gasteiger partial charge in [-0.25, -0.2) is 5.43 Å². The van der Waals surface area contributed by atoms with Crippen molar-refractivity contribution in [2.24, 2.45) is 5.10 Å². The number of aromatic hydroxyl groups is 1. The van der Waals surface area contributed by atoms with Gasteiger partial charge in [-0.3, -0.25) is 4.79 Å². The van der Waals surface area contributed by atoms with E-state index in [0.29, 0.717) is 37.3 Å². The van der Waals surface area contributed by atoms with Gasteiger partial charge in [-0.15, -0.1) is 11.3 Å². The predicted octanol–water partition coefficient (Wildman–Crippen LogP) is 1.66. The summed E-state index contributed by atoms with van der Waals surface area (Å²) >= 11 is 13.2. The number of phenols is 1. The van der Waals surface area contributed by atoms with Gasteiger partial charge in [-0.1, -0.05) is 35.0 Å². The topological polar surface area (TPSA) is 84.8 Å². The Hall–Kier alpha value is -0.904. The minimum atomic E-state index is -0.443. The van der Waals surface area contributed by atoms with Gasteiger partial charge >= 0.3 is 51.4 Å². The number of rotatable bonds is 4. The zero-order valence-electron chi connectivity index (χ0n) is 15.0. The summed E-state index contributed by atoms with van der Waals surface area (Å²) in [7, 11) is 0. The molecule has 0 saturated heterocycles. The number of halogens is 2. The molecule has 2 aromatic carbocycles. The Labute approximate surface area is 218 Å². The normalized spacial score (nSPS) is 11.0. The van der Waals surface area contributed by atoms with E-state index in [4.69, 9.17) is 23.2 Å². The maximum Gasteiger partial charge on any atom is 1.00 e. The molecule has 0 spiro atoms. The summed E-state index contributed by atoms with van der Waals surface area (Å²) in [6, 6.07) is 10.8. The predicted molar refractivity (Wildman–Crippen MR) is 107 cm³/mol. The number of nitrogens with zero attached hydrogens (tertiary/aromatic N) is 1. The zero-order valence-corrected chi connectivity index (χ0v) is 20.4. The van der Waals surface area contributed by atoms with Crippen LogP contribution in [0.1, 0.15) is 22.8 Å². The van der Waals surface area contributed by atoms with E-state index in [9.17, 15) is 15.0 Å². The number of amides is 1. The molecule has 0 unspecified atom stereocenters. The number of carbonyl (C=O) groups is 1. The number of hydrogen-bond donors (Lipinski definition) is 2. The van der Waals surface area contributed by atoms with E-state index in [1.165, 1.54) is 35.6 Å². The maximum absolute atomic E-state index is 12.7. The quantitative estimate of drug-likeness (QED) is 0.354. The summed E-state index contributed by atoms with van der Waals surface area (Å²) in [5.74, 6) is -0.574. The summed E-state index contributed by atoms with van der Waals surface area (Å²) < 4.78 is 0. The molecule has 0 aliphatic rings. The van der Waals surface area contributed by atoms with Gasteiger partial charge in [0.25, 0.3) is 5.91 Å². The van der Waals surface area contributed by atoms with Crippen LogP contribution in [0.4, 0.5) is 0 Å². The Morgan fingerprint density at radius 1 is 1.14 bits per heavy atom. The van der Waals surface area contributed by atoms with E-state index in [1.807, 2.05) is 0 Å². The van der Waals surface area contributed by atoms with E-state index in [0.717, 1.165) is 0 Å². The molecule has 0 fully saturated rings. The molecule has 138 valence electrons. The number of phenolic OH excluding ortho intramolecular Hbond substituents is 1. The molecule has 28 heavy (non-hydrogen) atoms. The minimum Gasteiger partial charge on any atom is -0.871 e. The number of benzene rings is 2. The molecule has 5 nitrogen and oxygen atoms in total. The van der Waals surface area contributed by atoms with Gasteiger partial charge in [0.1, 0.15) is 5.75 Å². The van der Waals surface area contributed by atoms with Crippen molar-refractivity contribution in [3.05, 3.63) is 69.0 Å². The van der Waals surface area contributed by atoms with E-state index in [-0.39, 0.29) is 62.9 Å². The third-order valence-corrected chi connectivity index (χ3v) is 5.52. The van der Waals surface area contributed by atoms with Crippen LogP contribution in [-0.4, -0.2) is 16.7 Å². The summed E-state index contributed by atoms with van der Waals surface area (Å²) in [6.07, 6.45) is 0. The van der Waals surface area contributed by atoms with Gasteiger partial charge in [-0.05, 0) is 54.3 Å². The molecule has 0 atom stereocenters. The first kappa shape index (κ1) is 23.4. The molecule has 3 aromatic rings. The Bertz CT molecular complexity index is 1040. The number of hydrogen-bond acceptors (Lipinski definition) is 5. The van der Waals surface area contributed by atoms with Crippen LogP contribution in [-0.2, 0) is 0 Å². The van der Waals surface area contributed by atoms with Crippen LogP contribution in [0.25, 0.3) is 10.4 Å². The summed E-state index contributed by atoms with van der Waals surface area (Å²) in [4.78, 5) is 12.6. The van der Waals surface area contributed by atoms with Crippen LogP contribution in [0, 0.1) is 0 Å². The SMILES string of the molecule is C/C(=N\NC(=O)c1ccc(O)cc1)c1csc(-c2ccc(Cl)c(Cl)c2)c1[O-].[K+]. The van der Waals surface area contributed by atoms with Crippen molar-refractivity contribution in [1.82, 2.24) is 5.43 Å². The Morgan fingerprint density at radius 2 is 1.82 bits per heavy atom. The van der Waals surface area contributed by atoms with Gasteiger partial charge in [0.2, 0.25) is 0 Å². The van der Waals surface area contributed by atoms with Crippen LogP contribution in [0.15, 0.2) is 52.9 Å². The van der Waals surface area contributed by atoms with Crippen molar-refractivity contribution in [3.63, 3.8) is 0 Å². The molecular formula is C19H13Cl2KN2O3S. The van der Waals surface area contributed by atoms with Crippen LogP contribution >= 0.6 is 34.5 Å². The molecular weight excluding hydrogens is 446 g/mol. The summed E-state index contributed by atoms with van der Waals surface area (Å²) in [6.45, 7) is 1.64. The molecule has 0 bridgehead atoms. The summed E-state index contributed by atoms with van der Waals surface area (Å²) in [5.41, 5.74) is 4.20. The standard InChI is InChI=1S/C19H14Cl2N2O3S.K/c1-10(22-23-19(26)11-2-5-13(24)6-3-11)14-9-27-18(17(14)25)12-4-7-15(20)16(21)8-12;/h2-9,24-25H,1H3,(H,23,26);/q;+1/p-1/b22-10+;. The molecule has 0 saturated carbocycles. The first-order valence-electron chi connectivity index (χ1n) is 7.74. The Kier molecular flexibility index (Phi) is 8.54. The molecule has 2 N–H and O–H groups in total. The molecule has 0 aliphatic heterocycles. The van der Waals surface area contributed by atoms with Crippen LogP contribution in [0.2, 0.25) is 10.0 Å². The van der Waals surface area contributed by atoms with Crippen molar-refractivity contribution in [2.45, 2.75) is 6.92 Å². The fourth-order valence-electron chi connectivity index (χ4n) is 2.31. The smallest absolute Gasteiger partial charge is 0.871 e. The van der Waals surface area contributed by atoms with Gasteiger partial charge in [0.15, 0.2) is 0 Å². The molecule has 1 aromatic heterocycles. The third kappa shape index (κ3) is 5.37. The second kappa shape index (κ2) is 10.2. The first-order chi connectivity index (χ1) is 12.9. The van der Waals surface area contributed by atoms with Crippen molar-refractivity contribution in [1.29, 1.82) is 0 Å². The second-order valence-electron chi connectivity index (χ2n) is 5.62. The number of hydrazone groups is 1. The van der Waals surface area contributed by atoms with E-state index < -0.39 is 5.91 Å². The largest absolute Gasteiger partial charge is 1.00 e. The maximum atomic E-state index is 12.7. The molecule has 3 rings (SSSR count). The van der Waals surface area contributed by atoms with Crippen molar-refractivity contribution in [2.75, 3.05) is 0 Å². The van der Waals surface area contributed by atoms with Gasteiger partial charge in [-0.2, -0.15) is 5.10 Å². The van der Waals surface area contributed by atoms with Crippen LogP contribution in [0.5, 0.6) is 11.5 Å². The molecule has 1 heterocycles. The minimum absolute atomic E-state index is 0. The number of carbonyl (C=O) groups excluding carboxylic acids is 1. The average Bonchev–Trinajstić information content (AvgIpc) is 3.04. The van der Waals surface area contributed by atoms with Crippen molar-refractivity contribution in [3.8, 4) is 21.9 Å². The van der Waals surface area contributed by atoms with Gasteiger partial charge < -0.3 is 10.2 Å². The van der Waals surface area contributed by atoms with Gasteiger partial charge in [0, 0.05) is 16.0 Å². The molecule has 1 amide bonds. The number of nitrogens with one attached hydrogen (secondary N) is 1. The van der Waals surface area contributed by atoms with E-state index >= 15 is 0 Å². The molecule has 0 radical (unpaired) electrons. The average molecular weight is 459 g/mol. The van der Waals surface area contributed by atoms with Crippen molar-refractivity contribution >= 4 is 46.2 Å². The van der Waals surface area contributed by atoms with Gasteiger partial charge in [0.05, 0.1) is 15.8 Å². The summed E-state index contributed by atoms with van der Waals surface area (Å²) in [5, 5.41) is 28.4. The van der Waals surface area contributed by atoms with Crippen molar-refractivity contribution < 1.29 is 66.4 Å².